The molecule has 162 valence electrons. The van der Waals surface area contributed by atoms with E-state index in [4.69, 9.17) is 16.6 Å². The third-order valence-corrected chi connectivity index (χ3v) is 6.38. The number of fused-ring (bicyclic) bond motifs is 1. The lowest BCUT2D eigenvalue weighted by Gasteiger charge is -2.31. The molecule has 0 bridgehead atoms. The average molecular weight is 447 g/mol. The van der Waals surface area contributed by atoms with Crippen LogP contribution in [0.2, 0.25) is 5.02 Å². The fraction of sp³-hybridized carbons (Fsp3) is 0.240. The van der Waals surface area contributed by atoms with Crippen molar-refractivity contribution in [1.82, 2.24) is 19.5 Å². The molecule has 3 heterocycles. The van der Waals surface area contributed by atoms with Gasteiger partial charge in [-0.15, -0.1) is 0 Å². The monoisotopic (exact) mass is 446 g/mol. The van der Waals surface area contributed by atoms with Gasteiger partial charge >= 0.3 is 0 Å². The molecule has 2 aromatic heterocycles. The Kier molecular flexibility index (Phi) is 5.31. The molecule has 4 aromatic rings. The molecule has 0 unspecified atom stereocenters. The molecule has 1 aliphatic heterocycles. The van der Waals surface area contributed by atoms with Crippen LogP contribution in [-0.2, 0) is 0 Å². The highest BCUT2D eigenvalue weighted by molar-refractivity contribution is 6.30. The normalized spacial score (nSPS) is 14.8. The Bertz CT molecular complexity index is 1330. The van der Waals surface area contributed by atoms with Crippen LogP contribution in [0.1, 0.15) is 40.4 Å². The molecule has 1 saturated heterocycles. The fourth-order valence-corrected chi connectivity index (χ4v) is 4.38. The molecule has 1 fully saturated rings. The van der Waals surface area contributed by atoms with Crippen LogP contribution in [0.4, 0.5) is 0 Å². The number of aryl methyl sites for hydroxylation is 1. The molecule has 0 spiro atoms. The number of likely N-dealkylation sites (tertiary alicyclic amines) is 1. The number of benzene rings is 2. The van der Waals surface area contributed by atoms with E-state index in [1.807, 2.05) is 66.4 Å². The maximum absolute atomic E-state index is 12.8. The van der Waals surface area contributed by atoms with Crippen LogP contribution in [0.25, 0.3) is 16.9 Å². The summed E-state index contributed by atoms with van der Waals surface area (Å²) in [7, 11) is 0. The number of nitrogens with zero attached hydrogens (tertiary/aromatic N) is 3. The second-order valence-corrected chi connectivity index (χ2v) is 8.76. The van der Waals surface area contributed by atoms with Crippen molar-refractivity contribution < 1.29 is 4.79 Å². The number of amides is 1. The van der Waals surface area contributed by atoms with E-state index in [2.05, 4.69) is 5.10 Å². The van der Waals surface area contributed by atoms with Gasteiger partial charge in [0.05, 0.1) is 11.4 Å². The van der Waals surface area contributed by atoms with Crippen molar-refractivity contribution in [3.63, 3.8) is 0 Å². The van der Waals surface area contributed by atoms with Crippen molar-refractivity contribution in [2.45, 2.75) is 25.7 Å². The number of aromatic amines is 1. The van der Waals surface area contributed by atoms with Gasteiger partial charge in [0.1, 0.15) is 0 Å². The molecule has 0 radical (unpaired) electrons. The molecule has 1 aliphatic rings. The lowest BCUT2D eigenvalue weighted by molar-refractivity contribution is 0.0712. The Labute approximate surface area is 190 Å². The number of hydrogen-bond acceptors (Lipinski definition) is 3. The van der Waals surface area contributed by atoms with Gasteiger partial charge in [-0.05, 0) is 49.6 Å². The summed E-state index contributed by atoms with van der Waals surface area (Å²) in [4.78, 5) is 32.2. The highest BCUT2D eigenvalue weighted by Gasteiger charge is 2.26. The number of H-pyrrole nitrogens is 1. The minimum absolute atomic E-state index is 0.0603. The van der Waals surface area contributed by atoms with Gasteiger partial charge < -0.3 is 4.90 Å². The van der Waals surface area contributed by atoms with Crippen LogP contribution in [0, 0.1) is 6.92 Å². The molecule has 2 aromatic carbocycles. The van der Waals surface area contributed by atoms with Crippen LogP contribution in [-0.4, -0.2) is 38.5 Å². The van der Waals surface area contributed by atoms with E-state index >= 15 is 0 Å². The largest absolute Gasteiger partial charge is 0.339 e. The maximum Gasteiger partial charge on any atom is 0.272 e. The highest BCUT2D eigenvalue weighted by Crippen LogP contribution is 2.28. The summed E-state index contributed by atoms with van der Waals surface area (Å²) < 4.78 is 1.46. The average Bonchev–Trinajstić information content (AvgIpc) is 3.25. The standard InChI is InChI=1S/C25H23ClN4O2/c1-16-2-4-19(5-3-16)25(32)29-12-10-18(11-13-29)21-15-24(31)30-23(27-21)14-22(28-30)17-6-8-20(26)9-7-17/h2-9,14-15,18,28H,10-13H2,1H3. The number of hydrogen-bond donors (Lipinski definition) is 1. The summed E-state index contributed by atoms with van der Waals surface area (Å²) in [5, 5.41) is 3.78. The molecule has 6 nitrogen and oxygen atoms in total. The number of carbonyl (C=O) groups is 1. The fourth-order valence-electron chi connectivity index (χ4n) is 4.25. The van der Waals surface area contributed by atoms with Gasteiger partial charge in [-0.2, -0.15) is 0 Å². The van der Waals surface area contributed by atoms with Gasteiger partial charge in [-0.25, -0.2) is 9.50 Å². The second-order valence-electron chi connectivity index (χ2n) is 8.32. The zero-order valence-corrected chi connectivity index (χ0v) is 18.5. The number of halogens is 1. The summed E-state index contributed by atoms with van der Waals surface area (Å²) in [5.74, 6) is 0.217. The Morgan fingerprint density at radius 2 is 1.72 bits per heavy atom. The van der Waals surface area contributed by atoms with E-state index in [-0.39, 0.29) is 17.4 Å². The molecule has 0 atom stereocenters. The van der Waals surface area contributed by atoms with E-state index in [0.717, 1.165) is 35.4 Å². The number of aromatic nitrogens is 3. The van der Waals surface area contributed by atoms with Gasteiger partial charge in [-0.3, -0.25) is 14.7 Å². The summed E-state index contributed by atoms with van der Waals surface area (Å²) in [6.07, 6.45) is 1.57. The predicted molar refractivity (Wildman–Crippen MR) is 125 cm³/mol. The topological polar surface area (TPSA) is 70.5 Å². The predicted octanol–water partition coefficient (Wildman–Crippen LogP) is 4.67. The van der Waals surface area contributed by atoms with Crippen LogP contribution >= 0.6 is 11.6 Å². The first-order valence-electron chi connectivity index (χ1n) is 10.7. The zero-order valence-electron chi connectivity index (χ0n) is 17.7. The quantitative estimate of drug-likeness (QED) is 0.497. The van der Waals surface area contributed by atoms with Crippen molar-refractivity contribution in [3.05, 3.63) is 92.9 Å². The van der Waals surface area contributed by atoms with Gasteiger partial charge in [0.15, 0.2) is 5.65 Å². The Morgan fingerprint density at radius 3 is 2.41 bits per heavy atom. The first-order valence-corrected chi connectivity index (χ1v) is 11.1. The van der Waals surface area contributed by atoms with Crippen LogP contribution in [0.15, 0.2) is 65.5 Å². The van der Waals surface area contributed by atoms with Crippen LogP contribution in [0.3, 0.4) is 0 Å². The van der Waals surface area contributed by atoms with Crippen molar-refractivity contribution in [3.8, 4) is 11.3 Å². The molecular weight excluding hydrogens is 424 g/mol. The lowest BCUT2D eigenvalue weighted by atomic mass is 9.93. The molecular formula is C25H23ClN4O2. The molecule has 5 rings (SSSR count). The second kappa shape index (κ2) is 8.28. The molecule has 7 heteroatoms. The molecule has 0 aliphatic carbocycles. The van der Waals surface area contributed by atoms with Crippen molar-refractivity contribution in [2.24, 2.45) is 0 Å². The third kappa shape index (κ3) is 3.94. The first kappa shape index (κ1) is 20.5. The smallest absolute Gasteiger partial charge is 0.272 e. The van der Waals surface area contributed by atoms with Gasteiger partial charge in [0.2, 0.25) is 0 Å². The van der Waals surface area contributed by atoms with Crippen LogP contribution in [0.5, 0.6) is 0 Å². The van der Waals surface area contributed by atoms with Gasteiger partial charge in [0, 0.05) is 41.7 Å². The Balaban J connectivity index is 1.34. The highest BCUT2D eigenvalue weighted by atomic mass is 35.5. The number of nitrogens with one attached hydrogen (secondary N) is 1. The summed E-state index contributed by atoms with van der Waals surface area (Å²) in [6, 6.07) is 18.6. The minimum Gasteiger partial charge on any atom is -0.339 e. The number of rotatable bonds is 3. The summed E-state index contributed by atoms with van der Waals surface area (Å²) in [6.45, 7) is 3.32. The van der Waals surface area contributed by atoms with E-state index in [0.29, 0.717) is 29.3 Å². The number of carbonyl (C=O) groups excluding carboxylic acids is 1. The molecule has 0 saturated carbocycles. The van der Waals surface area contributed by atoms with Crippen molar-refractivity contribution >= 4 is 23.2 Å². The van der Waals surface area contributed by atoms with E-state index in [1.165, 1.54) is 4.52 Å². The third-order valence-electron chi connectivity index (χ3n) is 6.12. The van der Waals surface area contributed by atoms with Gasteiger partial charge in [0.25, 0.3) is 11.5 Å². The first-order chi connectivity index (χ1) is 15.5. The lowest BCUT2D eigenvalue weighted by Crippen LogP contribution is -2.38. The van der Waals surface area contributed by atoms with Crippen LogP contribution < -0.4 is 5.56 Å². The minimum atomic E-state index is -0.136. The molecule has 1 amide bonds. The summed E-state index contributed by atoms with van der Waals surface area (Å²) in [5.41, 5.74) is 4.84. The van der Waals surface area contributed by atoms with E-state index in [1.54, 1.807) is 6.07 Å². The molecule has 1 N–H and O–H groups in total. The van der Waals surface area contributed by atoms with E-state index < -0.39 is 0 Å². The number of piperidine rings is 1. The van der Waals surface area contributed by atoms with Gasteiger partial charge in [-0.1, -0.05) is 41.4 Å². The molecule has 32 heavy (non-hydrogen) atoms. The maximum atomic E-state index is 12.8. The SMILES string of the molecule is Cc1ccc(C(=O)N2CCC(c3cc(=O)n4[nH]c(-c5ccc(Cl)cc5)cc4n3)CC2)cc1. The van der Waals surface area contributed by atoms with Crippen molar-refractivity contribution in [2.75, 3.05) is 13.1 Å². The zero-order chi connectivity index (χ0) is 22.2. The summed E-state index contributed by atoms with van der Waals surface area (Å²) >= 11 is 5.98. The Morgan fingerprint density at radius 1 is 1.03 bits per heavy atom. The van der Waals surface area contributed by atoms with Crippen molar-refractivity contribution in [1.29, 1.82) is 0 Å². The Hall–Kier alpha value is -3.38. The van der Waals surface area contributed by atoms with E-state index in [9.17, 15) is 9.59 Å².